The maximum Gasteiger partial charge on any atom is 0.237 e. The Bertz CT molecular complexity index is 658. The molecule has 0 radical (unpaired) electrons. The van der Waals surface area contributed by atoms with Gasteiger partial charge in [-0.2, -0.15) is 5.10 Å². The van der Waals surface area contributed by atoms with Gasteiger partial charge in [0.25, 0.3) is 0 Å². The summed E-state index contributed by atoms with van der Waals surface area (Å²) in [6.07, 6.45) is 5.00. The Balaban J connectivity index is 1.53. The van der Waals surface area contributed by atoms with Crippen molar-refractivity contribution in [1.29, 1.82) is 0 Å². The molecule has 0 aromatic heterocycles. The predicted molar refractivity (Wildman–Crippen MR) is 102 cm³/mol. The largest absolute Gasteiger partial charge is 0.380 e. The number of amides is 1. The first-order chi connectivity index (χ1) is 12.6. The third-order valence-corrected chi connectivity index (χ3v) is 6.22. The molecule has 0 bridgehead atoms. The van der Waals surface area contributed by atoms with Crippen LogP contribution >= 0.6 is 0 Å². The molecule has 0 aromatic rings. The highest BCUT2D eigenvalue weighted by Crippen LogP contribution is 2.36. The zero-order valence-corrected chi connectivity index (χ0v) is 16.0. The number of fused-ring (bicyclic) bond motifs is 1. The van der Waals surface area contributed by atoms with E-state index in [4.69, 9.17) is 9.73 Å². The van der Waals surface area contributed by atoms with E-state index in [0.29, 0.717) is 18.4 Å². The predicted octanol–water partition coefficient (Wildman–Crippen LogP) is 1.44. The molecule has 0 aliphatic carbocycles. The molecular formula is C19H29N5O2. The summed E-state index contributed by atoms with van der Waals surface area (Å²) in [5.74, 6) is 1.66. The van der Waals surface area contributed by atoms with Crippen molar-refractivity contribution in [1.82, 2.24) is 9.91 Å². The van der Waals surface area contributed by atoms with Crippen LogP contribution in [0, 0.1) is 17.8 Å². The van der Waals surface area contributed by atoms with E-state index in [0.717, 1.165) is 50.4 Å². The Morgan fingerprint density at radius 1 is 1.35 bits per heavy atom. The van der Waals surface area contributed by atoms with Crippen LogP contribution in [0.4, 0.5) is 0 Å². The fraction of sp³-hybridized carbons (Fsp3) is 0.789. The molecule has 0 spiro atoms. The second-order valence-electron chi connectivity index (χ2n) is 7.89. The zero-order chi connectivity index (χ0) is 18.3. The minimum Gasteiger partial charge on any atom is -0.380 e. The molecule has 0 aromatic carbocycles. The molecule has 7 nitrogen and oxygen atoms in total. The summed E-state index contributed by atoms with van der Waals surface area (Å²) in [6, 6.07) is 0.211. The molecule has 26 heavy (non-hydrogen) atoms. The lowest BCUT2D eigenvalue weighted by Gasteiger charge is -2.34. The number of hydrogen-bond donors (Lipinski definition) is 0. The molecular weight excluding hydrogens is 330 g/mol. The van der Waals surface area contributed by atoms with Crippen LogP contribution in [0.5, 0.6) is 0 Å². The van der Waals surface area contributed by atoms with E-state index in [-0.39, 0.29) is 24.0 Å². The maximum absolute atomic E-state index is 13.0. The van der Waals surface area contributed by atoms with Gasteiger partial charge in [-0.1, -0.05) is 6.92 Å². The molecule has 1 amide bonds. The highest BCUT2D eigenvalue weighted by molar-refractivity contribution is 6.18. The average Bonchev–Trinajstić information content (AvgIpc) is 3.26. The maximum atomic E-state index is 13.0. The first-order valence-corrected chi connectivity index (χ1v) is 9.83. The highest BCUT2D eigenvalue weighted by atomic mass is 16.5. The topological polar surface area (TPSA) is 69.9 Å². The number of amidine groups is 1. The van der Waals surface area contributed by atoms with E-state index in [1.54, 1.807) is 7.11 Å². The average molecular weight is 359 g/mol. The van der Waals surface area contributed by atoms with Gasteiger partial charge < -0.3 is 4.74 Å². The lowest BCUT2D eigenvalue weighted by atomic mass is 9.78. The molecule has 5 unspecified atom stereocenters. The summed E-state index contributed by atoms with van der Waals surface area (Å²) in [5, 5.41) is 6.64. The number of nitrogens with zero attached hydrogens (tertiary/aromatic N) is 5. The summed E-state index contributed by atoms with van der Waals surface area (Å²) in [5.41, 5.74) is 1.05. The van der Waals surface area contributed by atoms with Crippen LogP contribution in [-0.4, -0.2) is 79.0 Å². The molecule has 4 rings (SSSR count). The third-order valence-electron chi connectivity index (χ3n) is 6.22. The standard InChI is InChI=1S/C19H29N5O2/c1-4-23-6-5-17(22-23)24-11-16-18(19(24)25)12(2)7-15(21-16)13-8-14(26-3)10-20-9-13/h9,12-15,18H,4-8,10-11H2,1-3H3. The highest BCUT2D eigenvalue weighted by Gasteiger charge is 2.47. The zero-order valence-electron chi connectivity index (χ0n) is 16.0. The second-order valence-corrected chi connectivity index (χ2v) is 7.89. The molecule has 4 heterocycles. The van der Waals surface area contributed by atoms with Crippen molar-refractivity contribution in [3.8, 4) is 0 Å². The number of likely N-dealkylation sites (tertiary alicyclic amines) is 1. The lowest BCUT2D eigenvalue weighted by Crippen LogP contribution is -2.39. The Morgan fingerprint density at radius 2 is 2.19 bits per heavy atom. The fourth-order valence-corrected chi connectivity index (χ4v) is 4.70. The van der Waals surface area contributed by atoms with Gasteiger partial charge in [0.1, 0.15) is 5.84 Å². The number of hydrogen-bond acceptors (Lipinski definition) is 6. The summed E-state index contributed by atoms with van der Waals surface area (Å²) in [4.78, 5) is 24.4. The van der Waals surface area contributed by atoms with Gasteiger partial charge in [-0.05, 0) is 25.7 Å². The summed E-state index contributed by atoms with van der Waals surface area (Å²) >= 11 is 0. The van der Waals surface area contributed by atoms with Gasteiger partial charge in [0, 0.05) is 44.5 Å². The van der Waals surface area contributed by atoms with Crippen LogP contribution in [0.15, 0.2) is 15.1 Å². The Morgan fingerprint density at radius 3 is 2.92 bits per heavy atom. The minimum atomic E-state index is -0.0663. The van der Waals surface area contributed by atoms with E-state index < -0.39 is 0 Å². The van der Waals surface area contributed by atoms with Crippen molar-refractivity contribution in [2.75, 3.05) is 33.3 Å². The van der Waals surface area contributed by atoms with Gasteiger partial charge in [-0.15, -0.1) is 0 Å². The summed E-state index contributed by atoms with van der Waals surface area (Å²) < 4.78 is 5.50. The quantitative estimate of drug-likeness (QED) is 0.766. The van der Waals surface area contributed by atoms with Crippen LogP contribution in [0.3, 0.4) is 0 Å². The third kappa shape index (κ3) is 3.06. The molecule has 1 saturated heterocycles. The number of rotatable bonds is 3. The van der Waals surface area contributed by atoms with Crippen molar-refractivity contribution < 1.29 is 9.53 Å². The van der Waals surface area contributed by atoms with Gasteiger partial charge in [0.2, 0.25) is 5.91 Å². The fourth-order valence-electron chi connectivity index (χ4n) is 4.70. The first-order valence-electron chi connectivity index (χ1n) is 9.83. The van der Waals surface area contributed by atoms with Gasteiger partial charge in [0.15, 0.2) is 0 Å². The monoisotopic (exact) mass is 359 g/mol. The van der Waals surface area contributed by atoms with Crippen molar-refractivity contribution in [3.63, 3.8) is 0 Å². The van der Waals surface area contributed by atoms with Gasteiger partial charge in [-0.3, -0.25) is 24.7 Å². The van der Waals surface area contributed by atoms with E-state index in [9.17, 15) is 4.79 Å². The van der Waals surface area contributed by atoms with Crippen LogP contribution in [0.25, 0.3) is 0 Å². The molecule has 142 valence electrons. The molecule has 4 aliphatic rings. The lowest BCUT2D eigenvalue weighted by molar-refractivity contribution is -0.128. The van der Waals surface area contributed by atoms with E-state index in [1.165, 1.54) is 0 Å². The SMILES string of the molecule is CCN1CCC(N2CC3=NC(C4C=NCC(OC)C4)CC(C)C3C2=O)=N1. The van der Waals surface area contributed by atoms with E-state index in [2.05, 4.69) is 30.2 Å². The normalized spacial score (nSPS) is 37.0. The van der Waals surface area contributed by atoms with E-state index in [1.807, 2.05) is 9.91 Å². The molecule has 0 saturated carbocycles. The second kappa shape index (κ2) is 7.10. The number of ether oxygens (including phenoxy) is 1. The first kappa shape index (κ1) is 17.6. The summed E-state index contributed by atoms with van der Waals surface area (Å²) in [7, 11) is 1.75. The van der Waals surface area contributed by atoms with Crippen molar-refractivity contribution in [3.05, 3.63) is 0 Å². The van der Waals surface area contributed by atoms with Gasteiger partial charge >= 0.3 is 0 Å². The Kier molecular flexibility index (Phi) is 4.82. The molecule has 5 atom stereocenters. The van der Waals surface area contributed by atoms with Crippen molar-refractivity contribution >= 4 is 23.7 Å². The van der Waals surface area contributed by atoms with Gasteiger partial charge in [-0.25, -0.2) is 0 Å². The van der Waals surface area contributed by atoms with Crippen LogP contribution < -0.4 is 0 Å². The van der Waals surface area contributed by atoms with E-state index >= 15 is 0 Å². The molecule has 4 aliphatic heterocycles. The van der Waals surface area contributed by atoms with Crippen LogP contribution in [-0.2, 0) is 9.53 Å². The number of methoxy groups -OCH3 is 1. The Hall–Kier alpha value is -1.76. The summed E-state index contributed by atoms with van der Waals surface area (Å²) in [6.45, 7) is 7.43. The smallest absolute Gasteiger partial charge is 0.237 e. The Labute approximate surface area is 155 Å². The molecule has 1 fully saturated rings. The molecule has 0 N–H and O–H groups in total. The van der Waals surface area contributed by atoms with Crippen LogP contribution in [0.2, 0.25) is 0 Å². The molecule has 7 heteroatoms. The van der Waals surface area contributed by atoms with Crippen molar-refractivity contribution in [2.45, 2.75) is 45.3 Å². The number of carbonyl (C=O) groups is 1. The number of carbonyl (C=O) groups excluding carboxylic acids is 1. The van der Waals surface area contributed by atoms with Gasteiger partial charge in [0.05, 0.1) is 31.2 Å². The van der Waals surface area contributed by atoms with Crippen molar-refractivity contribution in [2.24, 2.45) is 32.8 Å². The minimum absolute atomic E-state index is 0.0663. The number of hydrazone groups is 1. The number of aliphatic imine (C=N–C) groups is 2. The van der Waals surface area contributed by atoms with Crippen LogP contribution in [0.1, 0.15) is 33.1 Å².